The van der Waals surface area contributed by atoms with Crippen molar-refractivity contribution in [2.75, 3.05) is 0 Å². The molecular formula is C18H36BaO3. The number of hydrogen-bond donors (Lipinski definition) is 1. The minimum absolute atomic E-state index is 0. The van der Waals surface area contributed by atoms with Gasteiger partial charge in [-0.1, -0.05) is 96.8 Å². The van der Waals surface area contributed by atoms with E-state index in [4.69, 9.17) is 5.26 Å². The van der Waals surface area contributed by atoms with Gasteiger partial charge in [0, 0.05) is 55.3 Å². The summed E-state index contributed by atoms with van der Waals surface area (Å²) < 4.78 is 0. The molecule has 22 heavy (non-hydrogen) atoms. The maximum atomic E-state index is 10.7. The molecule has 0 unspecified atom stereocenters. The van der Waals surface area contributed by atoms with Gasteiger partial charge >= 0.3 is 5.97 Å². The minimum Gasteiger partial charge on any atom is -0.301 e. The van der Waals surface area contributed by atoms with Crippen LogP contribution in [0.4, 0.5) is 0 Å². The van der Waals surface area contributed by atoms with Crippen molar-refractivity contribution in [3.05, 3.63) is 0 Å². The van der Waals surface area contributed by atoms with Crippen LogP contribution >= 0.6 is 0 Å². The zero-order chi connectivity index (χ0) is 15.6. The SMILES string of the molecule is CCCCCCCCCCCCCCCCCC(=O)OO.[Ba]. The van der Waals surface area contributed by atoms with Gasteiger partial charge in [0.05, 0.1) is 0 Å². The zero-order valence-corrected chi connectivity index (χ0v) is 19.2. The molecule has 0 aromatic carbocycles. The number of rotatable bonds is 16. The Bertz CT molecular complexity index is 222. The Balaban J connectivity index is 0. The van der Waals surface area contributed by atoms with Crippen LogP contribution in [0.5, 0.6) is 0 Å². The van der Waals surface area contributed by atoms with Crippen molar-refractivity contribution >= 4 is 54.9 Å². The number of hydrogen-bond acceptors (Lipinski definition) is 3. The van der Waals surface area contributed by atoms with Gasteiger partial charge in [-0.25, -0.2) is 4.79 Å². The first-order valence-corrected chi connectivity index (χ1v) is 9.15. The Morgan fingerprint density at radius 1 is 0.682 bits per heavy atom. The molecule has 0 bridgehead atoms. The predicted octanol–water partition coefficient (Wildman–Crippen LogP) is 5.88. The quantitative estimate of drug-likeness (QED) is 0.142. The van der Waals surface area contributed by atoms with Gasteiger partial charge < -0.3 is 4.89 Å². The first-order valence-electron chi connectivity index (χ1n) is 9.15. The van der Waals surface area contributed by atoms with Crippen molar-refractivity contribution < 1.29 is 14.9 Å². The smallest absolute Gasteiger partial charge is 0.301 e. The van der Waals surface area contributed by atoms with Crippen LogP contribution < -0.4 is 0 Å². The summed E-state index contributed by atoms with van der Waals surface area (Å²) in [5.41, 5.74) is 0. The van der Waals surface area contributed by atoms with Crippen LogP contribution in [0.15, 0.2) is 0 Å². The third-order valence-corrected chi connectivity index (χ3v) is 4.09. The van der Waals surface area contributed by atoms with Crippen LogP contribution in [0, 0.1) is 0 Å². The van der Waals surface area contributed by atoms with Crippen molar-refractivity contribution in [3.63, 3.8) is 0 Å². The third-order valence-electron chi connectivity index (χ3n) is 4.09. The summed E-state index contributed by atoms with van der Waals surface area (Å²) >= 11 is 0. The number of unbranched alkanes of at least 4 members (excludes halogenated alkanes) is 14. The average Bonchev–Trinajstić information content (AvgIpc) is 2.50. The van der Waals surface area contributed by atoms with Gasteiger partial charge in [-0.15, -0.1) is 0 Å². The molecule has 128 valence electrons. The molecule has 0 aliphatic rings. The molecule has 2 radical (unpaired) electrons. The monoisotopic (exact) mass is 438 g/mol. The molecule has 0 heterocycles. The van der Waals surface area contributed by atoms with E-state index in [2.05, 4.69) is 11.8 Å². The molecule has 0 saturated carbocycles. The number of carbonyl (C=O) groups excluding carboxylic acids is 1. The third kappa shape index (κ3) is 21.0. The van der Waals surface area contributed by atoms with E-state index in [1.165, 1.54) is 83.5 Å². The molecule has 0 aromatic rings. The zero-order valence-electron chi connectivity index (χ0n) is 14.8. The summed E-state index contributed by atoms with van der Waals surface area (Å²) in [5, 5.41) is 8.10. The van der Waals surface area contributed by atoms with E-state index >= 15 is 0 Å². The fourth-order valence-corrected chi connectivity index (χ4v) is 2.69. The molecular weight excluding hydrogens is 402 g/mol. The Morgan fingerprint density at radius 3 is 1.32 bits per heavy atom. The second-order valence-corrected chi connectivity index (χ2v) is 6.16. The van der Waals surface area contributed by atoms with Gasteiger partial charge in [-0.2, -0.15) is 5.26 Å². The Labute approximate surface area is 178 Å². The Morgan fingerprint density at radius 2 is 1.00 bits per heavy atom. The molecule has 0 aliphatic heterocycles. The summed E-state index contributed by atoms with van der Waals surface area (Å²) in [6.07, 6.45) is 20.0. The first-order chi connectivity index (χ1) is 10.3. The first kappa shape index (κ1) is 25.2. The molecule has 0 amide bonds. The van der Waals surface area contributed by atoms with Gasteiger partial charge in [0.2, 0.25) is 0 Å². The fourth-order valence-electron chi connectivity index (χ4n) is 2.69. The maximum Gasteiger partial charge on any atom is 0.342 e. The van der Waals surface area contributed by atoms with Crippen LogP contribution in [0.1, 0.15) is 110 Å². The molecule has 0 rings (SSSR count). The topological polar surface area (TPSA) is 46.5 Å². The van der Waals surface area contributed by atoms with Crippen molar-refractivity contribution in [1.29, 1.82) is 0 Å². The molecule has 0 aromatic heterocycles. The van der Waals surface area contributed by atoms with E-state index in [1.54, 1.807) is 0 Å². The normalized spacial score (nSPS) is 10.3. The minimum atomic E-state index is -0.510. The van der Waals surface area contributed by atoms with E-state index in [-0.39, 0.29) is 48.9 Å². The van der Waals surface area contributed by atoms with Crippen molar-refractivity contribution in [1.82, 2.24) is 0 Å². The molecule has 0 fully saturated rings. The summed E-state index contributed by atoms with van der Waals surface area (Å²) in [7, 11) is 0. The van der Waals surface area contributed by atoms with Gasteiger partial charge in [-0.3, -0.25) is 0 Å². The number of carbonyl (C=O) groups is 1. The van der Waals surface area contributed by atoms with Gasteiger partial charge in [0.15, 0.2) is 0 Å². The summed E-state index contributed by atoms with van der Waals surface area (Å²) in [5.74, 6) is -0.510. The van der Waals surface area contributed by atoms with Gasteiger partial charge in [0.25, 0.3) is 0 Å². The van der Waals surface area contributed by atoms with Crippen LogP contribution in [0.2, 0.25) is 0 Å². The van der Waals surface area contributed by atoms with Crippen LogP contribution in [0.25, 0.3) is 0 Å². The second-order valence-electron chi connectivity index (χ2n) is 6.16. The molecule has 0 spiro atoms. The molecule has 1 N–H and O–H groups in total. The summed E-state index contributed by atoms with van der Waals surface area (Å²) in [6, 6.07) is 0. The van der Waals surface area contributed by atoms with Gasteiger partial charge in [0.1, 0.15) is 0 Å². The molecule has 0 atom stereocenters. The summed E-state index contributed by atoms with van der Waals surface area (Å²) in [6.45, 7) is 2.27. The van der Waals surface area contributed by atoms with Crippen LogP contribution in [-0.2, 0) is 9.68 Å². The largest absolute Gasteiger partial charge is 0.342 e. The van der Waals surface area contributed by atoms with E-state index in [0.717, 1.165) is 12.8 Å². The van der Waals surface area contributed by atoms with Crippen LogP contribution in [0.3, 0.4) is 0 Å². The molecule has 0 saturated heterocycles. The maximum absolute atomic E-state index is 10.7. The molecule has 0 aliphatic carbocycles. The van der Waals surface area contributed by atoms with E-state index in [9.17, 15) is 4.79 Å². The van der Waals surface area contributed by atoms with Crippen LogP contribution in [-0.4, -0.2) is 60.1 Å². The van der Waals surface area contributed by atoms with Crippen molar-refractivity contribution in [3.8, 4) is 0 Å². The van der Waals surface area contributed by atoms with Gasteiger partial charge in [-0.05, 0) is 6.42 Å². The Kier molecular flexibility index (Phi) is 25.2. The Hall–Kier alpha value is 1.00. The van der Waals surface area contributed by atoms with Crippen molar-refractivity contribution in [2.45, 2.75) is 110 Å². The molecule has 4 heteroatoms. The second kappa shape index (κ2) is 22.0. The van der Waals surface area contributed by atoms with E-state index in [1.807, 2.05) is 0 Å². The van der Waals surface area contributed by atoms with E-state index in [0.29, 0.717) is 6.42 Å². The average molecular weight is 438 g/mol. The van der Waals surface area contributed by atoms with Crippen molar-refractivity contribution in [2.24, 2.45) is 0 Å². The predicted molar refractivity (Wildman–Crippen MR) is 94.0 cm³/mol. The molecule has 3 nitrogen and oxygen atoms in total. The fraction of sp³-hybridized carbons (Fsp3) is 0.944. The standard InChI is InChI=1S/C18H36O3.Ba/c1-2-3-4-5-6-7-8-9-10-11-12-13-14-15-16-17-18(19)21-20;/h20H,2-17H2,1H3;. The van der Waals surface area contributed by atoms with E-state index < -0.39 is 5.97 Å². The summed E-state index contributed by atoms with van der Waals surface area (Å²) in [4.78, 5) is 14.3.